The van der Waals surface area contributed by atoms with Gasteiger partial charge in [-0.3, -0.25) is 0 Å². The number of nitrogens with zero attached hydrogens (tertiary/aromatic N) is 1. The van der Waals surface area contributed by atoms with E-state index in [4.69, 9.17) is 0 Å². The number of hydrogen-bond donors (Lipinski definition) is 1. The summed E-state index contributed by atoms with van der Waals surface area (Å²) in [5.41, 5.74) is 1.13. The number of aromatic hydroxyl groups is 1. The topological polar surface area (TPSA) is 24.1 Å². The van der Waals surface area contributed by atoms with Gasteiger partial charge >= 0.3 is 5.88 Å². The molecule has 1 heterocycles. The zero-order valence-corrected chi connectivity index (χ0v) is 6.62. The minimum Gasteiger partial charge on any atom is -0.460 e. The van der Waals surface area contributed by atoms with E-state index in [1.807, 2.05) is 19.2 Å². The quantitative estimate of drug-likeness (QED) is 0.496. The van der Waals surface area contributed by atoms with Gasteiger partial charge in [-0.1, -0.05) is 6.58 Å². The van der Waals surface area contributed by atoms with E-state index in [1.54, 1.807) is 16.7 Å². The van der Waals surface area contributed by atoms with Crippen LogP contribution in [0.2, 0.25) is 0 Å². The Bertz CT molecular complexity index is 268. The zero-order valence-electron chi connectivity index (χ0n) is 6.62. The maximum Gasteiger partial charge on any atom is 0.365 e. The van der Waals surface area contributed by atoms with Gasteiger partial charge in [0.05, 0.1) is 6.07 Å². The van der Waals surface area contributed by atoms with Crippen LogP contribution in [0.15, 0.2) is 31.0 Å². The van der Waals surface area contributed by atoms with Crippen molar-refractivity contribution in [2.45, 2.75) is 13.5 Å². The molecule has 11 heavy (non-hydrogen) atoms. The predicted molar refractivity (Wildman–Crippen MR) is 43.2 cm³/mol. The van der Waals surface area contributed by atoms with Crippen LogP contribution in [0.25, 0.3) is 0 Å². The number of rotatable bonds is 2. The molecule has 0 aromatic carbocycles. The molecule has 2 heteroatoms. The third kappa shape index (κ3) is 1.80. The van der Waals surface area contributed by atoms with Crippen LogP contribution in [0.3, 0.4) is 0 Å². The average Bonchev–Trinajstić information content (AvgIpc) is 1.98. The van der Waals surface area contributed by atoms with Gasteiger partial charge in [0.15, 0.2) is 12.7 Å². The number of pyridine rings is 1. The molecule has 0 saturated heterocycles. The van der Waals surface area contributed by atoms with Crippen LogP contribution in [0.1, 0.15) is 5.56 Å². The molecule has 0 amide bonds. The van der Waals surface area contributed by atoms with Crippen LogP contribution in [-0.4, -0.2) is 5.11 Å². The highest BCUT2D eigenvalue weighted by Gasteiger charge is 2.05. The molecule has 0 atom stereocenters. The summed E-state index contributed by atoms with van der Waals surface area (Å²) in [6, 6.07) is 3.55. The molecule has 1 N–H and O–H groups in total. The van der Waals surface area contributed by atoms with E-state index in [-0.39, 0.29) is 5.88 Å². The second kappa shape index (κ2) is 3.19. The van der Waals surface area contributed by atoms with E-state index in [1.165, 1.54) is 0 Å². The van der Waals surface area contributed by atoms with Crippen molar-refractivity contribution in [2.24, 2.45) is 0 Å². The SMILES string of the molecule is C=CC[n+]1cc(C)ccc1O. The first-order chi connectivity index (χ1) is 5.24. The van der Waals surface area contributed by atoms with Crippen LogP contribution >= 0.6 is 0 Å². The van der Waals surface area contributed by atoms with Gasteiger partial charge in [-0.15, -0.1) is 0 Å². The van der Waals surface area contributed by atoms with Crippen molar-refractivity contribution in [1.29, 1.82) is 0 Å². The Morgan fingerprint density at radius 3 is 3.00 bits per heavy atom. The normalized spacial score (nSPS) is 9.55. The lowest BCUT2D eigenvalue weighted by Crippen LogP contribution is -2.32. The van der Waals surface area contributed by atoms with Gasteiger partial charge in [0.25, 0.3) is 0 Å². The lowest BCUT2D eigenvalue weighted by Gasteiger charge is -1.95. The molecule has 0 fully saturated rings. The second-order valence-electron chi connectivity index (χ2n) is 2.51. The Kier molecular flexibility index (Phi) is 2.26. The monoisotopic (exact) mass is 150 g/mol. The van der Waals surface area contributed by atoms with Crippen molar-refractivity contribution in [3.63, 3.8) is 0 Å². The molecule has 2 nitrogen and oxygen atoms in total. The molecule has 1 aromatic rings. The van der Waals surface area contributed by atoms with Crippen LogP contribution < -0.4 is 4.57 Å². The summed E-state index contributed by atoms with van der Waals surface area (Å²) in [4.78, 5) is 0. The van der Waals surface area contributed by atoms with Crippen LogP contribution in [-0.2, 0) is 6.54 Å². The van der Waals surface area contributed by atoms with Crippen LogP contribution in [0.4, 0.5) is 0 Å². The maximum atomic E-state index is 9.28. The van der Waals surface area contributed by atoms with Gasteiger partial charge < -0.3 is 5.11 Å². The maximum absolute atomic E-state index is 9.28. The zero-order chi connectivity index (χ0) is 8.27. The van der Waals surface area contributed by atoms with Gasteiger partial charge in [0, 0.05) is 5.56 Å². The Hall–Kier alpha value is -1.31. The van der Waals surface area contributed by atoms with Gasteiger partial charge in [0.2, 0.25) is 0 Å². The molecule has 0 aliphatic rings. The molecular formula is C9H12NO+. The molecule has 0 saturated carbocycles. The van der Waals surface area contributed by atoms with Crippen molar-refractivity contribution in [3.05, 3.63) is 36.5 Å². The summed E-state index contributed by atoms with van der Waals surface area (Å²) in [5, 5.41) is 9.28. The van der Waals surface area contributed by atoms with E-state index in [9.17, 15) is 5.11 Å². The molecule has 0 aliphatic heterocycles. The fourth-order valence-electron chi connectivity index (χ4n) is 0.942. The molecule has 1 aromatic heterocycles. The van der Waals surface area contributed by atoms with Gasteiger partial charge in [0.1, 0.15) is 0 Å². The van der Waals surface area contributed by atoms with Crippen molar-refractivity contribution >= 4 is 0 Å². The number of aryl methyl sites for hydroxylation is 1. The van der Waals surface area contributed by atoms with E-state index in [0.29, 0.717) is 6.54 Å². The largest absolute Gasteiger partial charge is 0.460 e. The first-order valence-corrected chi connectivity index (χ1v) is 3.54. The van der Waals surface area contributed by atoms with E-state index in [0.717, 1.165) is 5.56 Å². The average molecular weight is 150 g/mol. The Labute approximate surface area is 66.4 Å². The standard InChI is InChI=1S/C9H11NO/c1-3-6-10-7-8(2)4-5-9(10)11/h3-5,7H,1,6H2,2H3/p+1. The Balaban J connectivity index is 3.01. The minimum absolute atomic E-state index is 0.274. The summed E-state index contributed by atoms with van der Waals surface area (Å²) in [7, 11) is 0. The summed E-state index contributed by atoms with van der Waals surface area (Å²) in [5.74, 6) is 0.274. The third-order valence-electron chi connectivity index (χ3n) is 1.47. The first-order valence-electron chi connectivity index (χ1n) is 3.54. The first kappa shape index (κ1) is 7.79. The molecule has 0 unspecified atom stereocenters. The van der Waals surface area contributed by atoms with Crippen molar-refractivity contribution < 1.29 is 9.67 Å². The lowest BCUT2D eigenvalue weighted by molar-refractivity contribution is -0.693. The van der Waals surface area contributed by atoms with Crippen molar-refractivity contribution in [2.75, 3.05) is 0 Å². The van der Waals surface area contributed by atoms with Gasteiger partial charge in [-0.2, -0.15) is 4.57 Å². The Morgan fingerprint density at radius 2 is 2.36 bits per heavy atom. The number of allylic oxidation sites excluding steroid dienone is 1. The smallest absolute Gasteiger partial charge is 0.365 e. The molecular weight excluding hydrogens is 138 g/mol. The van der Waals surface area contributed by atoms with Crippen LogP contribution in [0.5, 0.6) is 5.88 Å². The highest BCUT2D eigenvalue weighted by atomic mass is 16.3. The summed E-state index contributed by atoms with van der Waals surface area (Å²) in [6.45, 7) is 6.23. The van der Waals surface area contributed by atoms with Gasteiger partial charge in [-0.25, -0.2) is 0 Å². The van der Waals surface area contributed by atoms with Crippen LogP contribution in [0, 0.1) is 6.92 Å². The fourth-order valence-corrected chi connectivity index (χ4v) is 0.942. The highest BCUT2D eigenvalue weighted by molar-refractivity contribution is 5.09. The van der Waals surface area contributed by atoms with E-state index in [2.05, 4.69) is 6.58 Å². The molecule has 0 aliphatic carbocycles. The third-order valence-corrected chi connectivity index (χ3v) is 1.47. The second-order valence-corrected chi connectivity index (χ2v) is 2.51. The molecule has 58 valence electrons. The molecule has 0 bridgehead atoms. The summed E-state index contributed by atoms with van der Waals surface area (Å²) >= 11 is 0. The van der Waals surface area contributed by atoms with E-state index >= 15 is 0 Å². The van der Waals surface area contributed by atoms with Gasteiger partial charge in [-0.05, 0) is 19.1 Å². The number of hydrogen-bond acceptors (Lipinski definition) is 1. The molecule has 1 rings (SSSR count). The fraction of sp³-hybridized carbons (Fsp3) is 0.222. The highest BCUT2D eigenvalue weighted by Crippen LogP contribution is 2.01. The minimum atomic E-state index is 0.274. The lowest BCUT2D eigenvalue weighted by atomic mass is 10.3. The predicted octanol–water partition coefficient (Wildman–Crippen LogP) is 1.17. The number of aromatic nitrogens is 1. The van der Waals surface area contributed by atoms with Crippen molar-refractivity contribution in [3.8, 4) is 5.88 Å². The Morgan fingerprint density at radius 1 is 1.64 bits per heavy atom. The molecule has 0 radical (unpaired) electrons. The van der Waals surface area contributed by atoms with E-state index < -0.39 is 0 Å². The molecule has 0 spiro atoms. The van der Waals surface area contributed by atoms with Crippen molar-refractivity contribution in [1.82, 2.24) is 0 Å². The summed E-state index contributed by atoms with van der Waals surface area (Å²) in [6.07, 6.45) is 3.64. The summed E-state index contributed by atoms with van der Waals surface area (Å²) < 4.78 is 1.74.